The summed E-state index contributed by atoms with van der Waals surface area (Å²) in [6, 6.07) is 5.83. The molecule has 1 aliphatic heterocycles. The highest BCUT2D eigenvalue weighted by Crippen LogP contribution is 2.49. The first-order valence-electron chi connectivity index (χ1n) is 8.84. The van der Waals surface area contributed by atoms with Crippen molar-refractivity contribution < 1.29 is 9.53 Å². The lowest BCUT2D eigenvalue weighted by Gasteiger charge is -2.51. The van der Waals surface area contributed by atoms with Crippen LogP contribution in [0.15, 0.2) is 18.2 Å². The van der Waals surface area contributed by atoms with Gasteiger partial charge in [-0.05, 0) is 44.2 Å². The lowest BCUT2D eigenvalue weighted by atomic mass is 9.78. The molecule has 0 unspecified atom stereocenters. The van der Waals surface area contributed by atoms with Gasteiger partial charge >= 0.3 is 0 Å². The first-order valence-corrected chi connectivity index (χ1v) is 8.84. The summed E-state index contributed by atoms with van der Waals surface area (Å²) < 4.78 is 5.65. The topological polar surface area (TPSA) is 67.6 Å². The normalized spacial score (nSPS) is 20.2. The SMILES string of the molecule is CCCC[C@H](C(=O)NN)N1c2c(OC)cccc2[C@@H](C)CC1(C)C. The van der Waals surface area contributed by atoms with Gasteiger partial charge in [0.05, 0.1) is 12.8 Å². The van der Waals surface area contributed by atoms with Gasteiger partial charge < -0.3 is 9.64 Å². The summed E-state index contributed by atoms with van der Waals surface area (Å²) in [6.07, 6.45) is 3.77. The summed E-state index contributed by atoms with van der Waals surface area (Å²) in [6.45, 7) is 8.76. The fraction of sp³-hybridized carbons (Fsp3) is 0.632. The number of nitrogens with two attached hydrogens (primary N) is 1. The van der Waals surface area contributed by atoms with E-state index in [0.717, 1.165) is 37.1 Å². The van der Waals surface area contributed by atoms with Crippen molar-refractivity contribution in [1.82, 2.24) is 5.43 Å². The van der Waals surface area contributed by atoms with Crippen LogP contribution in [-0.2, 0) is 4.79 Å². The molecule has 0 aromatic heterocycles. The van der Waals surface area contributed by atoms with Crippen molar-refractivity contribution in [1.29, 1.82) is 0 Å². The molecule has 0 spiro atoms. The number of unbranched alkanes of at least 4 members (excludes halogenated alkanes) is 1. The second-order valence-electron chi connectivity index (χ2n) is 7.35. The maximum Gasteiger partial charge on any atom is 0.256 e. The van der Waals surface area contributed by atoms with E-state index in [9.17, 15) is 4.79 Å². The van der Waals surface area contributed by atoms with Gasteiger partial charge in [-0.15, -0.1) is 0 Å². The molecule has 1 aromatic rings. The van der Waals surface area contributed by atoms with Crippen LogP contribution in [0.3, 0.4) is 0 Å². The third-order valence-electron chi connectivity index (χ3n) is 5.07. The van der Waals surface area contributed by atoms with Gasteiger partial charge in [-0.3, -0.25) is 10.2 Å². The first-order chi connectivity index (χ1) is 11.4. The van der Waals surface area contributed by atoms with E-state index >= 15 is 0 Å². The molecule has 0 fully saturated rings. The molecule has 3 N–H and O–H groups in total. The van der Waals surface area contributed by atoms with E-state index in [1.807, 2.05) is 12.1 Å². The highest BCUT2D eigenvalue weighted by molar-refractivity contribution is 5.87. The van der Waals surface area contributed by atoms with Crippen molar-refractivity contribution in [3.05, 3.63) is 23.8 Å². The standard InChI is InChI=1S/C19H31N3O2/c1-6-7-10-15(18(23)21-20)22-17-14(9-8-11-16(17)24-5)13(2)12-19(22,3)4/h8-9,11,13,15H,6-7,10,12,20H2,1-5H3,(H,21,23)/t13-,15+/m0/s1. The van der Waals surface area contributed by atoms with E-state index < -0.39 is 0 Å². The summed E-state index contributed by atoms with van der Waals surface area (Å²) in [4.78, 5) is 14.8. The molecule has 134 valence electrons. The summed E-state index contributed by atoms with van der Waals surface area (Å²) >= 11 is 0. The number of nitrogens with one attached hydrogen (secondary N) is 1. The summed E-state index contributed by atoms with van der Waals surface area (Å²) in [5.74, 6) is 6.59. The molecule has 5 heteroatoms. The molecule has 2 atom stereocenters. The number of fused-ring (bicyclic) bond motifs is 1. The Balaban J connectivity index is 2.60. The minimum absolute atomic E-state index is 0.136. The van der Waals surface area contributed by atoms with E-state index in [1.54, 1.807) is 7.11 Å². The Hall–Kier alpha value is -1.75. The summed E-state index contributed by atoms with van der Waals surface area (Å²) in [5.41, 5.74) is 4.48. The zero-order valence-electron chi connectivity index (χ0n) is 15.6. The number of benzene rings is 1. The van der Waals surface area contributed by atoms with E-state index in [1.165, 1.54) is 5.56 Å². The number of carbonyl (C=O) groups excluding carboxylic acids is 1. The Bertz CT molecular complexity index is 586. The van der Waals surface area contributed by atoms with Crippen molar-refractivity contribution in [2.45, 2.75) is 70.9 Å². The van der Waals surface area contributed by atoms with Crippen LogP contribution in [0, 0.1) is 0 Å². The predicted molar refractivity (Wildman–Crippen MR) is 98.2 cm³/mol. The Morgan fingerprint density at radius 2 is 2.21 bits per heavy atom. The minimum atomic E-state index is -0.299. The van der Waals surface area contributed by atoms with Crippen molar-refractivity contribution in [3.8, 4) is 5.75 Å². The van der Waals surface area contributed by atoms with Gasteiger partial charge in [-0.1, -0.05) is 38.8 Å². The van der Waals surface area contributed by atoms with Gasteiger partial charge in [0.25, 0.3) is 5.91 Å². The van der Waals surface area contributed by atoms with Crippen LogP contribution in [0.2, 0.25) is 0 Å². The lowest BCUT2D eigenvalue weighted by molar-refractivity contribution is -0.123. The number of anilines is 1. The Labute approximate surface area is 145 Å². The number of hydrogen-bond donors (Lipinski definition) is 2. The number of hydrogen-bond acceptors (Lipinski definition) is 4. The number of amides is 1. The molecular formula is C19H31N3O2. The monoisotopic (exact) mass is 333 g/mol. The van der Waals surface area contributed by atoms with Gasteiger partial charge in [0.2, 0.25) is 0 Å². The number of hydrazine groups is 1. The fourth-order valence-electron chi connectivity index (χ4n) is 4.07. The number of ether oxygens (including phenoxy) is 1. The number of rotatable bonds is 6. The fourth-order valence-corrected chi connectivity index (χ4v) is 4.07. The van der Waals surface area contributed by atoms with Crippen LogP contribution >= 0.6 is 0 Å². The Kier molecular flexibility index (Phi) is 5.75. The van der Waals surface area contributed by atoms with Crippen molar-refractivity contribution in [2.75, 3.05) is 12.0 Å². The zero-order chi connectivity index (χ0) is 17.9. The Morgan fingerprint density at radius 3 is 2.79 bits per heavy atom. The van der Waals surface area contributed by atoms with Gasteiger partial charge in [0, 0.05) is 5.54 Å². The zero-order valence-corrected chi connectivity index (χ0v) is 15.6. The van der Waals surface area contributed by atoms with Gasteiger partial charge in [-0.25, -0.2) is 5.84 Å². The van der Waals surface area contributed by atoms with Crippen molar-refractivity contribution in [3.63, 3.8) is 0 Å². The molecule has 0 saturated heterocycles. The Morgan fingerprint density at radius 1 is 1.50 bits per heavy atom. The predicted octanol–water partition coefficient (Wildman–Crippen LogP) is 3.34. The third-order valence-corrected chi connectivity index (χ3v) is 5.07. The maximum atomic E-state index is 12.6. The highest BCUT2D eigenvalue weighted by atomic mass is 16.5. The minimum Gasteiger partial charge on any atom is -0.495 e. The van der Waals surface area contributed by atoms with E-state index in [2.05, 4.69) is 44.1 Å². The lowest BCUT2D eigenvalue weighted by Crippen LogP contribution is -2.59. The molecule has 1 heterocycles. The van der Waals surface area contributed by atoms with Gasteiger partial charge in [0.15, 0.2) is 0 Å². The average molecular weight is 333 g/mol. The molecule has 2 rings (SSSR count). The second-order valence-corrected chi connectivity index (χ2v) is 7.35. The molecule has 24 heavy (non-hydrogen) atoms. The molecule has 0 aliphatic carbocycles. The van der Waals surface area contributed by atoms with E-state index in [4.69, 9.17) is 10.6 Å². The van der Waals surface area contributed by atoms with Gasteiger partial charge in [0.1, 0.15) is 11.8 Å². The summed E-state index contributed by atoms with van der Waals surface area (Å²) in [5, 5.41) is 0. The summed E-state index contributed by atoms with van der Waals surface area (Å²) in [7, 11) is 1.68. The molecule has 1 aliphatic rings. The largest absolute Gasteiger partial charge is 0.495 e. The second kappa shape index (κ2) is 7.43. The first kappa shape index (κ1) is 18.6. The number of nitrogens with zero attached hydrogens (tertiary/aromatic N) is 1. The number of para-hydroxylation sites is 1. The third kappa shape index (κ3) is 3.36. The molecule has 0 bridgehead atoms. The number of carbonyl (C=O) groups is 1. The van der Waals surface area contributed by atoms with Crippen LogP contribution in [0.25, 0.3) is 0 Å². The average Bonchev–Trinajstić information content (AvgIpc) is 2.55. The molecule has 0 radical (unpaired) electrons. The van der Waals surface area contributed by atoms with Crippen LogP contribution in [0.1, 0.15) is 64.9 Å². The molecule has 1 amide bonds. The number of methoxy groups -OCH3 is 1. The van der Waals surface area contributed by atoms with Crippen molar-refractivity contribution in [2.24, 2.45) is 5.84 Å². The van der Waals surface area contributed by atoms with Crippen molar-refractivity contribution >= 4 is 11.6 Å². The van der Waals surface area contributed by atoms with Crippen LogP contribution in [0.4, 0.5) is 5.69 Å². The smallest absolute Gasteiger partial charge is 0.256 e. The van der Waals surface area contributed by atoms with E-state index in [0.29, 0.717) is 5.92 Å². The van der Waals surface area contributed by atoms with Crippen LogP contribution in [0.5, 0.6) is 5.75 Å². The molecular weight excluding hydrogens is 302 g/mol. The van der Waals surface area contributed by atoms with Crippen LogP contribution < -0.4 is 20.9 Å². The molecule has 5 nitrogen and oxygen atoms in total. The maximum absolute atomic E-state index is 12.6. The molecule has 1 aromatic carbocycles. The van der Waals surface area contributed by atoms with E-state index in [-0.39, 0.29) is 17.5 Å². The quantitative estimate of drug-likeness (QED) is 0.476. The van der Waals surface area contributed by atoms with Crippen LogP contribution in [-0.4, -0.2) is 24.6 Å². The highest BCUT2D eigenvalue weighted by Gasteiger charge is 2.43. The molecule has 0 saturated carbocycles. The van der Waals surface area contributed by atoms with Gasteiger partial charge in [-0.2, -0.15) is 0 Å².